The van der Waals surface area contributed by atoms with Gasteiger partial charge in [-0.25, -0.2) is 4.98 Å². The van der Waals surface area contributed by atoms with Crippen LogP contribution >= 0.6 is 0 Å². The molecule has 0 aliphatic rings. The molecule has 1 amide bonds. The van der Waals surface area contributed by atoms with E-state index in [2.05, 4.69) is 22.5 Å². The van der Waals surface area contributed by atoms with Crippen molar-refractivity contribution in [2.45, 2.75) is 39.9 Å². The van der Waals surface area contributed by atoms with Gasteiger partial charge in [0.1, 0.15) is 12.2 Å². The quantitative estimate of drug-likeness (QED) is 0.842. The van der Waals surface area contributed by atoms with E-state index in [-0.39, 0.29) is 11.9 Å². The van der Waals surface area contributed by atoms with E-state index >= 15 is 0 Å². The summed E-state index contributed by atoms with van der Waals surface area (Å²) in [6, 6.07) is 4.13. The number of hydrogen-bond donors (Lipinski definition) is 2. The Kier molecular flexibility index (Phi) is 4.74. The molecule has 0 aliphatic heterocycles. The van der Waals surface area contributed by atoms with Gasteiger partial charge in [0.25, 0.3) is 0 Å². The van der Waals surface area contributed by atoms with Crippen molar-refractivity contribution >= 4 is 16.9 Å². The van der Waals surface area contributed by atoms with Crippen molar-refractivity contribution in [2.24, 2.45) is 0 Å². The van der Waals surface area contributed by atoms with Crippen LogP contribution in [0.3, 0.4) is 0 Å². The minimum absolute atomic E-state index is 0.0116. The highest BCUT2D eigenvalue weighted by Gasteiger charge is 2.12. The molecule has 2 heterocycles. The molecule has 0 aliphatic carbocycles. The fraction of sp³-hybridized carbons (Fsp3) is 0.467. The van der Waals surface area contributed by atoms with Crippen LogP contribution in [0.1, 0.15) is 26.3 Å². The Balaban J connectivity index is 2.26. The number of aromatic nitrogens is 2. The lowest BCUT2D eigenvalue weighted by Crippen LogP contribution is -2.33. The molecular weight excluding hydrogens is 252 g/mol. The van der Waals surface area contributed by atoms with E-state index in [4.69, 9.17) is 0 Å². The molecule has 0 unspecified atom stereocenters. The maximum atomic E-state index is 11.9. The third-order valence-electron chi connectivity index (χ3n) is 3.05. The van der Waals surface area contributed by atoms with Crippen molar-refractivity contribution < 1.29 is 4.79 Å². The van der Waals surface area contributed by atoms with Crippen LogP contribution in [0.25, 0.3) is 11.0 Å². The third kappa shape index (κ3) is 3.36. The summed E-state index contributed by atoms with van der Waals surface area (Å²) in [5.41, 5.74) is 2.03. The number of nitrogens with zero attached hydrogens (tertiary/aromatic N) is 2. The first-order valence-electron chi connectivity index (χ1n) is 7.04. The van der Waals surface area contributed by atoms with Crippen molar-refractivity contribution in [1.29, 1.82) is 0 Å². The number of fused-ring (bicyclic) bond motifs is 1. The number of nitrogens with one attached hydrogen (secondary N) is 2. The van der Waals surface area contributed by atoms with Gasteiger partial charge in [-0.2, -0.15) is 0 Å². The van der Waals surface area contributed by atoms with Gasteiger partial charge in [-0.15, -0.1) is 0 Å². The van der Waals surface area contributed by atoms with Crippen LogP contribution in [0.2, 0.25) is 0 Å². The van der Waals surface area contributed by atoms with E-state index in [9.17, 15) is 4.79 Å². The maximum absolute atomic E-state index is 11.9. The Morgan fingerprint density at radius 3 is 2.95 bits per heavy atom. The number of carbonyl (C=O) groups excluding carboxylic acids is 1. The van der Waals surface area contributed by atoms with Crippen molar-refractivity contribution in [2.75, 3.05) is 6.54 Å². The Labute approximate surface area is 119 Å². The highest BCUT2D eigenvalue weighted by molar-refractivity contribution is 5.83. The summed E-state index contributed by atoms with van der Waals surface area (Å²) in [7, 11) is 0. The topological polar surface area (TPSA) is 59.0 Å². The van der Waals surface area contributed by atoms with Gasteiger partial charge in [0.15, 0.2) is 0 Å². The highest BCUT2D eigenvalue weighted by atomic mass is 16.2. The van der Waals surface area contributed by atoms with Crippen LogP contribution in [0.15, 0.2) is 24.5 Å². The van der Waals surface area contributed by atoms with Crippen LogP contribution in [0.4, 0.5) is 0 Å². The van der Waals surface area contributed by atoms with Crippen LogP contribution in [0, 0.1) is 0 Å². The number of amides is 1. The second-order valence-electron chi connectivity index (χ2n) is 5.16. The molecule has 0 atom stereocenters. The second-order valence-corrected chi connectivity index (χ2v) is 5.16. The van der Waals surface area contributed by atoms with Gasteiger partial charge in [-0.05, 0) is 38.1 Å². The molecule has 0 radical (unpaired) electrons. The average molecular weight is 274 g/mol. The number of carbonyl (C=O) groups is 1. The second kappa shape index (κ2) is 6.52. The van der Waals surface area contributed by atoms with Crippen molar-refractivity contribution in [3.8, 4) is 0 Å². The molecule has 0 saturated heterocycles. The lowest BCUT2D eigenvalue weighted by Gasteiger charge is -2.09. The average Bonchev–Trinajstić information content (AvgIpc) is 2.74. The van der Waals surface area contributed by atoms with Gasteiger partial charge in [-0.3, -0.25) is 4.79 Å². The van der Waals surface area contributed by atoms with E-state index in [1.54, 1.807) is 6.20 Å². The zero-order chi connectivity index (χ0) is 14.5. The smallest absolute Gasteiger partial charge is 0.240 e. The number of pyridine rings is 1. The monoisotopic (exact) mass is 274 g/mol. The van der Waals surface area contributed by atoms with Gasteiger partial charge >= 0.3 is 0 Å². The summed E-state index contributed by atoms with van der Waals surface area (Å²) in [4.78, 5) is 16.3. The largest absolute Gasteiger partial charge is 0.352 e. The summed E-state index contributed by atoms with van der Waals surface area (Å²) in [5, 5.41) is 7.32. The molecule has 5 heteroatoms. The molecule has 5 nitrogen and oxygen atoms in total. The first kappa shape index (κ1) is 14.5. The standard InChI is InChI=1S/C15H22N4O/c1-4-16-8-12-9-19(10-14(20)18-11(2)3)15-13(12)6-5-7-17-15/h5-7,9,11,16H,4,8,10H2,1-3H3,(H,18,20). The molecule has 2 rings (SSSR count). The van der Waals surface area contributed by atoms with Crippen LogP contribution < -0.4 is 10.6 Å². The predicted octanol–water partition coefficient (Wildman–Crippen LogP) is 1.67. The molecule has 2 N–H and O–H groups in total. The van der Waals surface area contributed by atoms with E-state index in [1.165, 1.54) is 5.56 Å². The number of rotatable bonds is 6. The fourth-order valence-electron chi connectivity index (χ4n) is 2.24. The van der Waals surface area contributed by atoms with Gasteiger partial charge in [0.05, 0.1) is 0 Å². The molecule has 0 aromatic carbocycles. The normalized spacial score (nSPS) is 11.2. The van der Waals surface area contributed by atoms with Crippen molar-refractivity contribution in [3.63, 3.8) is 0 Å². The Morgan fingerprint density at radius 1 is 1.45 bits per heavy atom. The minimum Gasteiger partial charge on any atom is -0.352 e. The summed E-state index contributed by atoms with van der Waals surface area (Å²) in [6.07, 6.45) is 3.77. The van der Waals surface area contributed by atoms with Crippen LogP contribution in [-0.4, -0.2) is 28.0 Å². The highest BCUT2D eigenvalue weighted by Crippen LogP contribution is 2.19. The fourth-order valence-corrected chi connectivity index (χ4v) is 2.24. The van der Waals surface area contributed by atoms with Crippen molar-refractivity contribution in [1.82, 2.24) is 20.2 Å². The van der Waals surface area contributed by atoms with Gasteiger partial charge in [-0.1, -0.05) is 6.92 Å². The summed E-state index contributed by atoms with van der Waals surface area (Å²) in [6.45, 7) is 8.00. The SMILES string of the molecule is CCNCc1cn(CC(=O)NC(C)C)c2ncccc12. The first-order chi connectivity index (χ1) is 9.61. The lowest BCUT2D eigenvalue weighted by molar-refractivity contribution is -0.122. The molecular formula is C15H22N4O. The Hall–Kier alpha value is -1.88. The van der Waals surface area contributed by atoms with Crippen LogP contribution in [-0.2, 0) is 17.9 Å². The molecule has 2 aromatic heterocycles. The van der Waals surface area contributed by atoms with E-state index in [0.29, 0.717) is 6.54 Å². The van der Waals surface area contributed by atoms with Gasteiger partial charge in [0.2, 0.25) is 5.91 Å². The molecule has 0 bridgehead atoms. The molecule has 20 heavy (non-hydrogen) atoms. The molecule has 0 spiro atoms. The zero-order valence-electron chi connectivity index (χ0n) is 12.3. The lowest BCUT2D eigenvalue weighted by atomic mass is 10.2. The Morgan fingerprint density at radius 2 is 2.25 bits per heavy atom. The summed E-state index contributed by atoms with van der Waals surface area (Å²) in [5.74, 6) is 0.0116. The molecule has 0 fully saturated rings. The first-order valence-corrected chi connectivity index (χ1v) is 7.04. The van der Waals surface area contributed by atoms with E-state index < -0.39 is 0 Å². The molecule has 0 saturated carbocycles. The third-order valence-corrected chi connectivity index (χ3v) is 3.05. The number of hydrogen-bond acceptors (Lipinski definition) is 3. The van der Waals surface area contributed by atoms with Gasteiger partial charge < -0.3 is 15.2 Å². The molecule has 108 valence electrons. The van der Waals surface area contributed by atoms with E-state index in [1.807, 2.05) is 36.7 Å². The summed E-state index contributed by atoms with van der Waals surface area (Å²) < 4.78 is 1.92. The molecule has 2 aromatic rings. The van der Waals surface area contributed by atoms with Gasteiger partial charge in [0, 0.05) is 30.4 Å². The van der Waals surface area contributed by atoms with Crippen LogP contribution in [0.5, 0.6) is 0 Å². The van der Waals surface area contributed by atoms with Crippen molar-refractivity contribution in [3.05, 3.63) is 30.1 Å². The maximum Gasteiger partial charge on any atom is 0.240 e. The summed E-state index contributed by atoms with van der Waals surface area (Å²) >= 11 is 0. The minimum atomic E-state index is 0.0116. The Bertz CT molecular complexity index is 589. The zero-order valence-corrected chi connectivity index (χ0v) is 12.3. The predicted molar refractivity (Wildman–Crippen MR) is 80.4 cm³/mol. The van der Waals surface area contributed by atoms with E-state index in [0.717, 1.165) is 24.1 Å².